The first-order valence-corrected chi connectivity index (χ1v) is 31.4. The molecule has 8 nitrogen and oxygen atoms in total. The number of carbonyl (C=O) groups is 3. The summed E-state index contributed by atoms with van der Waals surface area (Å²) in [7, 11) is 0. The molecule has 3 amide bonds. The number of unbranched alkanes of at least 4 members (excludes halogenated alkanes) is 39. The first-order valence-electron chi connectivity index (χ1n) is 31.4. The first kappa shape index (κ1) is 68.1. The smallest absolute Gasteiger partial charge is 0.221 e. The van der Waals surface area contributed by atoms with Crippen LogP contribution in [0.2, 0.25) is 0 Å². The summed E-state index contributed by atoms with van der Waals surface area (Å²) in [6.45, 7) is 12.6. The highest BCUT2D eigenvalue weighted by molar-refractivity contribution is 5.77. The number of rotatable bonds is 59. The number of allylic oxidation sites excluding steroid dienone is 2. The summed E-state index contributed by atoms with van der Waals surface area (Å²) in [6.07, 6.45) is 62.7. The lowest BCUT2D eigenvalue weighted by atomic mass is 10.0. The van der Waals surface area contributed by atoms with Crippen molar-refractivity contribution in [2.24, 2.45) is 0 Å². The number of hydrogen-bond acceptors (Lipinski definition) is 5. The van der Waals surface area contributed by atoms with Crippen molar-refractivity contribution in [2.45, 2.75) is 316 Å². The fourth-order valence-corrected chi connectivity index (χ4v) is 9.70. The molecule has 70 heavy (non-hydrogen) atoms. The van der Waals surface area contributed by atoms with Crippen molar-refractivity contribution in [3.63, 3.8) is 0 Å². The van der Waals surface area contributed by atoms with Gasteiger partial charge in [0, 0.05) is 58.5 Å². The Morgan fingerprint density at radius 3 is 0.914 bits per heavy atom. The van der Waals surface area contributed by atoms with E-state index in [2.05, 4.69) is 59.1 Å². The van der Waals surface area contributed by atoms with Crippen molar-refractivity contribution in [1.29, 1.82) is 0 Å². The fourth-order valence-electron chi connectivity index (χ4n) is 9.70. The molecule has 0 aliphatic carbocycles. The van der Waals surface area contributed by atoms with Crippen molar-refractivity contribution in [3.8, 4) is 0 Å². The molecule has 0 rings (SSSR count). The molecule has 0 aliphatic rings. The van der Waals surface area contributed by atoms with Gasteiger partial charge in [0.15, 0.2) is 0 Å². The second kappa shape index (κ2) is 59.6. The standard InChI is InChI=1S/C62H123N5O3/c1-4-7-10-13-16-19-22-25-28-29-32-35-38-41-44-47-55-66-62(70)51-59-67(58-50-61(69)65-54-46-43-40-37-34-31-27-24-21-18-15-12-9-6-3)57-48-52-63-56-49-60(68)64-53-45-42-39-36-33-30-26-23-20-17-14-11-8-5-2/h4,7,63H,5-6,8-59H2,1-3H3,(H,64,68)(H,65,69)(H,66,70)/b7-4+. The van der Waals surface area contributed by atoms with Crippen LogP contribution in [-0.4, -0.2) is 75.0 Å². The average molecular weight is 987 g/mol. The van der Waals surface area contributed by atoms with Gasteiger partial charge >= 0.3 is 0 Å². The maximum atomic E-state index is 12.8. The van der Waals surface area contributed by atoms with Crippen LogP contribution in [0.4, 0.5) is 0 Å². The zero-order chi connectivity index (χ0) is 50.7. The van der Waals surface area contributed by atoms with Crippen LogP contribution >= 0.6 is 0 Å². The van der Waals surface area contributed by atoms with Gasteiger partial charge in [0.25, 0.3) is 0 Å². The largest absolute Gasteiger partial charge is 0.356 e. The van der Waals surface area contributed by atoms with Gasteiger partial charge < -0.3 is 26.2 Å². The molecule has 0 heterocycles. The Morgan fingerprint density at radius 2 is 0.600 bits per heavy atom. The second-order valence-corrected chi connectivity index (χ2v) is 21.4. The number of carbonyl (C=O) groups excluding carboxylic acids is 3. The van der Waals surface area contributed by atoms with E-state index in [1.165, 1.54) is 250 Å². The van der Waals surface area contributed by atoms with Crippen LogP contribution in [-0.2, 0) is 14.4 Å². The lowest BCUT2D eigenvalue weighted by Gasteiger charge is -2.22. The van der Waals surface area contributed by atoms with Crippen molar-refractivity contribution >= 4 is 17.7 Å². The summed E-state index contributed by atoms with van der Waals surface area (Å²) in [5.74, 6) is 0.362. The number of hydrogen-bond donors (Lipinski definition) is 4. The zero-order valence-corrected chi connectivity index (χ0v) is 47.5. The SMILES string of the molecule is C/C=C/CCCCCCCCCCCCCCCNC(=O)CCN(CCCNCCC(=O)NCCCCCCCCCCCCCCCC)CCC(=O)NCCCCCCCCCCCCCCCC. The molecule has 0 aromatic rings. The van der Waals surface area contributed by atoms with Crippen LogP contribution in [0.5, 0.6) is 0 Å². The van der Waals surface area contributed by atoms with Gasteiger partial charge in [0.2, 0.25) is 17.7 Å². The highest BCUT2D eigenvalue weighted by Gasteiger charge is 2.11. The quantitative estimate of drug-likeness (QED) is 0.0359. The van der Waals surface area contributed by atoms with Gasteiger partial charge in [-0.3, -0.25) is 14.4 Å². The fraction of sp³-hybridized carbons (Fsp3) is 0.919. The molecule has 0 saturated heterocycles. The second-order valence-electron chi connectivity index (χ2n) is 21.4. The maximum Gasteiger partial charge on any atom is 0.221 e. The van der Waals surface area contributed by atoms with Crippen LogP contribution in [0.3, 0.4) is 0 Å². The molecule has 0 unspecified atom stereocenters. The molecule has 0 spiro atoms. The molecule has 0 aromatic heterocycles. The molecule has 0 bridgehead atoms. The Labute approximate surface area is 437 Å². The molecule has 0 saturated carbocycles. The number of amides is 3. The summed E-state index contributed by atoms with van der Waals surface area (Å²) in [5.41, 5.74) is 0. The predicted molar refractivity (Wildman–Crippen MR) is 307 cm³/mol. The molecule has 4 N–H and O–H groups in total. The normalized spacial score (nSPS) is 11.6. The van der Waals surface area contributed by atoms with E-state index < -0.39 is 0 Å². The average Bonchev–Trinajstić information content (AvgIpc) is 3.36. The monoisotopic (exact) mass is 986 g/mol. The molecule has 8 heteroatoms. The summed E-state index contributed by atoms with van der Waals surface area (Å²) in [4.78, 5) is 40.4. The van der Waals surface area contributed by atoms with Crippen molar-refractivity contribution < 1.29 is 14.4 Å². The minimum atomic E-state index is 0.114. The Hall–Kier alpha value is -1.93. The van der Waals surface area contributed by atoms with Gasteiger partial charge in [-0.05, 0) is 58.5 Å². The highest BCUT2D eigenvalue weighted by Crippen LogP contribution is 2.16. The van der Waals surface area contributed by atoms with Crippen LogP contribution in [0.15, 0.2) is 12.2 Å². The van der Waals surface area contributed by atoms with Gasteiger partial charge in [0.1, 0.15) is 0 Å². The molecule has 0 fully saturated rings. The van der Waals surface area contributed by atoms with E-state index in [0.29, 0.717) is 38.9 Å². The van der Waals surface area contributed by atoms with Crippen molar-refractivity contribution in [2.75, 3.05) is 52.4 Å². The van der Waals surface area contributed by atoms with Crippen LogP contribution in [0.1, 0.15) is 316 Å². The van der Waals surface area contributed by atoms with Gasteiger partial charge in [-0.1, -0.05) is 264 Å². The van der Waals surface area contributed by atoms with E-state index in [4.69, 9.17) is 0 Å². The van der Waals surface area contributed by atoms with Crippen LogP contribution in [0.25, 0.3) is 0 Å². The predicted octanol–water partition coefficient (Wildman–Crippen LogP) is 16.8. The third-order valence-corrected chi connectivity index (χ3v) is 14.5. The zero-order valence-electron chi connectivity index (χ0n) is 47.5. The molecule has 0 radical (unpaired) electrons. The maximum absolute atomic E-state index is 12.8. The third kappa shape index (κ3) is 57.0. The molecule has 0 aromatic carbocycles. The molecule has 0 atom stereocenters. The summed E-state index contributed by atoms with van der Waals surface area (Å²) >= 11 is 0. The first-order chi connectivity index (χ1) is 34.5. The van der Waals surface area contributed by atoms with E-state index in [1.807, 2.05) is 0 Å². The van der Waals surface area contributed by atoms with Crippen LogP contribution in [0, 0.1) is 0 Å². The summed E-state index contributed by atoms with van der Waals surface area (Å²) in [5, 5.41) is 12.9. The van der Waals surface area contributed by atoms with Crippen LogP contribution < -0.4 is 21.3 Å². The van der Waals surface area contributed by atoms with E-state index in [0.717, 1.165) is 58.4 Å². The van der Waals surface area contributed by atoms with E-state index in [1.54, 1.807) is 0 Å². The molecular formula is C62H123N5O3. The highest BCUT2D eigenvalue weighted by atomic mass is 16.2. The minimum absolute atomic E-state index is 0.114. The Balaban J connectivity index is 4.25. The molecular weight excluding hydrogens is 863 g/mol. The summed E-state index contributed by atoms with van der Waals surface area (Å²) in [6, 6.07) is 0. The Kier molecular flexibility index (Phi) is 58.0. The molecule has 0 aliphatic heterocycles. The van der Waals surface area contributed by atoms with Gasteiger partial charge in [-0.25, -0.2) is 0 Å². The third-order valence-electron chi connectivity index (χ3n) is 14.5. The molecule has 414 valence electrons. The van der Waals surface area contributed by atoms with Gasteiger partial charge in [-0.2, -0.15) is 0 Å². The minimum Gasteiger partial charge on any atom is -0.356 e. The van der Waals surface area contributed by atoms with E-state index >= 15 is 0 Å². The topological polar surface area (TPSA) is 103 Å². The number of nitrogens with one attached hydrogen (secondary N) is 4. The van der Waals surface area contributed by atoms with Gasteiger partial charge in [0.05, 0.1) is 0 Å². The van der Waals surface area contributed by atoms with Crippen molar-refractivity contribution in [1.82, 2.24) is 26.2 Å². The van der Waals surface area contributed by atoms with Gasteiger partial charge in [-0.15, -0.1) is 0 Å². The van der Waals surface area contributed by atoms with Crippen molar-refractivity contribution in [3.05, 3.63) is 12.2 Å². The van der Waals surface area contributed by atoms with E-state index in [-0.39, 0.29) is 17.7 Å². The Bertz CT molecular complexity index is 1100. The lowest BCUT2D eigenvalue weighted by molar-refractivity contribution is -0.122. The number of nitrogens with zero attached hydrogens (tertiary/aromatic N) is 1. The van der Waals surface area contributed by atoms with E-state index in [9.17, 15) is 14.4 Å². The lowest BCUT2D eigenvalue weighted by Crippen LogP contribution is -2.36. The summed E-state index contributed by atoms with van der Waals surface area (Å²) < 4.78 is 0. The Morgan fingerprint density at radius 1 is 0.314 bits per heavy atom.